The summed E-state index contributed by atoms with van der Waals surface area (Å²) in [6, 6.07) is 11.5. The summed E-state index contributed by atoms with van der Waals surface area (Å²) in [6.07, 6.45) is -0.0519. The number of rotatable bonds is 8. The van der Waals surface area contributed by atoms with E-state index >= 15 is 0 Å². The van der Waals surface area contributed by atoms with Crippen LogP contribution < -0.4 is 5.32 Å². The van der Waals surface area contributed by atoms with Crippen molar-refractivity contribution in [2.24, 2.45) is 5.92 Å². The molecule has 5 rings (SSSR count). The van der Waals surface area contributed by atoms with Crippen molar-refractivity contribution in [1.82, 2.24) is 20.1 Å². The summed E-state index contributed by atoms with van der Waals surface area (Å²) >= 11 is 1.58. The molecule has 1 saturated heterocycles. The van der Waals surface area contributed by atoms with Crippen LogP contribution in [0.3, 0.4) is 0 Å². The number of carbonyl (C=O) groups excluding carboxylic acids is 4. The van der Waals surface area contributed by atoms with Crippen molar-refractivity contribution in [3.05, 3.63) is 75.9 Å². The Morgan fingerprint density at radius 3 is 2.58 bits per heavy atom. The molecule has 0 bridgehead atoms. The number of thiazole rings is 1. The first-order chi connectivity index (χ1) is 20.7. The standard InChI is InChI=1S/C33H34N4O5S/c1-20(2)29(37-17-25-14-22(6-5-13-42-4)9-12-27(25)32(37)40)33(41)36-18-26(38)15-28(36)31(39)34-16-23-7-10-24(11-8-23)30-21(3)35-19-43-30/h7-12,14,19-20,28-29H,13,15-18H2,1-4H3,(H,34,39)/t28-,29-/m0/s1. The number of amides is 3. The summed E-state index contributed by atoms with van der Waals surface area (Å²) in [5.74, 6) is 4.46. The molecular formula is C33H34N4O5S. The van der Waals surface area contributed by atoms with Gasteiger partial charge in [0.2, 0.25) is 11.8 Å². The number of aromatic nitrogens is 1. The summed E-state index contributed by atoms with van der Waals surface area (Å²) in [6.45, 7) is 6.35. The minimum Gasteiger partial charge on any atom is -0.372 e. The van der Waals surface area contributed by atoms with E-state index in [1.54, 1.807) is 35.5 Å². The van der Waals surface area contributed by atoms with Gasteiger partial charge in [-0.2, -0.15) is 0 Å². The zero-order chi connectivity index (χ0) is 30.7. The number of Topliss-reactive ketones (excluding diaryl/α,β-unsaturated/α-hetero) is 1. The first kappa shape index (κ1) is 30.1. The Balaban J connectivity index is 1.28. The number of fused-ring (bicyclic) bond motifs is 1. The maximum Gasteiger partial charge on any atom is 0.255 e. The number of nitrogens with one attached hydrogen (secondary N) is 1. The predicted octanol–water partition coefficient (Wildman–Crippen LogP) is 3.58. The molecular weight excluding hydrogens is 564 g/mol. The maximum atomic E-state index is 14.0. The average molecular weight is 599 g/mol. The highest BCUT2D eigenvalue weighted by Gasteiger charge is 2.45. The molecule has 1 aromatic heterocycles. The zero-order valence-corrected chi connectivity index (χ0v) is 25.5. The normalized spacial score (nSPS) is 16.7. The number of methoxy groups -OCH3 is 1. The summed E-state index contributed by atoms with van der Waals surface area (Å²) in [4.78, 5) is 61.6. The highest BCUT2D eigenvalue weighted by molar-refractivity contribution is 7.13. The van der Waals surface area contributed by atoms with Gasteiger partial charge in [0.25, 0.3) is 5.91 Å². The number of likely N-dealkylation sites (tertiary alicyclic amines) is 1. The van der Waals surface area contributed by atoms with E-state index in [1.807, 2.05) is 56.6 Å². The van der Waals surface area contributed by atoms with Crippen molar-refractivity contribution in [2.45, 2.75) is 52.4 Å². The van der Waals surface area contributed by atoms with Crippen LogP contribution in [0.5, 0.6) is 0 Å². The van der Waals surface area contributed by atoms with Crippen molar-refractivity contribution in [3.63, 3.8) is 0 Å². The van der Waals surface area contributed by atoms with E-state index in [2.05, 4.69) is 22.1 Å². The second-order valence-electron chi connectivity index (χ2n) is 11.1. The Morgan fingerprint density at radius 2 is 1.91 bits per heavy atom. The molecule has 0 unspecified atom stereocenters. The predicted molar refractivity (Wildman–Crippen MR) is 163 cm³/mol. The van der Waals surface area contributed by atoms with Crippen LogP contribution in [0, 0.1) is 24.7 Å². The molecule has 1 N–H and O–H groups in total. The van der Waals surface area contributed by atoms with Crippen molar-refractivity contribution < 1.29 is 23.9 Å². The lowest BCUT2D eigenvalue weighted by molar-refractivity contribution is -0.143. The van der Waals surface area contributed by atoms with Crippen LogP contribution in [0.1, 0.15) is 53.0 Å². The van der Waals surface area contributed by atoms with Crippen LogP contribution in [0.4, 0.5) is 0 Å². The first-order valence-electron chi connectivity index (χ1n) is 14.2. The van der Waals surface area contributed by atoms with Crippen LogP contribution in [0.25, 0.3) is 10.4 Å². The fourth-order valence-corrected chi connectivity index (χ4v) is 6.43. The Kier molecular flexibility index (Phi) is 9.04. The molecule has 10 heteroatoms. The number of benzene rings is 2. The number of carbonyl (C=O) groups is 4. The topological polar surface area (TPSA) is 109 Å². The molecule has 43 heavy (non-hydrogen) atoms. The molecule has 3 heterocycles. The molecule has 9 nitrogen and oxygen atoms in total. The summed E-state index contributed by atoms with van der Waals surface area (Å²) in [5.41, 5.74) is 6.81. The van der Waals surface area contributed by atoms with E-state index in [0.717, 1.165) is 32.8 Å². The molecule has 2 aliphatic heterocycles. The first-order valence-corrected chi connectivity index (χ1v) is 15.1. The maximum absolute atomic E-state index is 14.0. The van der Waals surface area contributed by atoms with Gasteiger partial charge < -0.3 is 19.9 Å². The fraction of sp³-hybridized carbons (Fsp3) is 0.364. The largest absolute Gasteiger partial charge is 0.372 e. The molecule has 2 atom stereocenters. The lowest BCUT2D eigenvalue weighted by Crippen LogP contribution is -2.55. The van der Waals surface area contributed by atoms with E-state index in [1.165, 1.54) is 4.90 Å². The van der Waals surface area contributed by atoms with E-state index in [9.17, 15) is 19.2 Å². The van der Waals surface area contributed by atoms with Gasteiger partial charge in [0, 0.05) is 37.7 Å². The van der Waals surface area contributed by atoms with Gasteiger partial charge in [-0.05, 0) is 47.7 Å². The van der Waals surface area contributed by atoms with Crippen LogP contribution in [0.2, 0.25) is 0 Å². The molecule has 3 amide bonds. The smallest absolute Gasteiger partial charge is 0.255 e. The molecule has 0 saturated carbocycles. The number of hydrogen-bond acceptors (Lipinski definition) is 7. The number of ketones is 1. The third kappa shape index (κ3) is 6.38. The number of nitrogens with zero attached hydrogens (tertiary/aromatic N) is 3. The molecule has 0 aliphatic carbocycles. The van der Waals surface area contributed by atoms with E-state index in [0.29, 0.717) is 12.2 Å². The van der Waals surface area contributed by atoms with E-state index < -0.39 is 18.0 Å². The molecule has 222 valence electrons. The number of hydrogen-bond donors (Lipinski definition) is 1. The van der Waals surface area contributed by atoms with Gasteiger partial charge in [-0.15, -0.1) is 11.3 Å². The van der Waals surface area contributed by atoms with Crippen LogP contribution in [-0.4, -0.2) is 70.6 Å². The highest BCUT2D eigenvalue weighted by atomic mass is 32.1. The molecule has 3 aromatic rings. The lowest BCUT2D eigenvalue weighted by Gasteiger charge is -2.34. The third-order valence-corrected chi connectivity index (χ3v) is 8.74. The fourth-order valence-electron chi connectivity index (χ4n) is 5.62. The Bertz CT molecular complexity index is 1620. The van der Waals surface area contributed by atoms with Crippen LogP contribution in [-0.2, 0) is 32.2 Å². The number of aryl methyl sites for hydroxylation is 1. The molecule has 2 aliphatic rings. The molecule has 0 spiro atoms. The van der Waals surface area contributed by atoms with E-state index in [-0.39, 0.29) is 49.6 Å². The molecule has 2 aromatic carbocycles. The Hall–Kier alpha value is -4.33. The summed E-state index contributed by atoms with van der Waals surface area (Å²) < 4.78 is 4.98. The number of ether oxygens (including phenoxy) is 1. The monoisotopic (exact) mass is 598 g/mol. The Morgan fingerprint density at radius 1 is 1.14 bits per heavy atom. The SMILES string of the molecule is COCC#Cc1ccc2c(c1)CN([C@H](C(=O)N1CC(=O)C[C@H]1C(=O)NCc1ccc(-c3scnc3C)cc1)C(C)C)C2=O. The van der Waals surface area contributed by atoms with Gasteiger partial charge in [0.05, 0.1) is 22.6 Å². The van der Waals surface area contributed by atoms with Gasteiger partial charge >= 0.3 is 0 Å². The van der Waals surface area contributed by atoms with Crippen LogP contribution in [0.15, 0.2) is 48.0 Å². The lowest BCUT2D eigenvalue weighted by atomic mass is 10.0. The summed E-state index contributed by atoms with van der Waals surface area (Å²) in [5, 5.41) is 2.90. The van der Waals surface area contributed by atoms with Gasteiger partial charge in [0.15, 0.2) is 5.78 Å². The van der Waals surface area contributed by atoms with Crippen molar-refractivity contribution >= 4 is 34.8 Å². The minimum absolute atomic E-state index is 0.0519. The van der Waals surface area contributed by atoms with Gasteiger partial charge in [-0.1, -0.05) is 50.0 Å². The third-order valence-electron chi connectivity index (χ3n) is 7.76. The van der Waals surface area contributed by atoms with Crippen LogP contribution >= 0.6 is 11.3 Å². The van der Waals surface area contributed by atoms with Crippen molar-refractivity contribution in [3.8, 4) is 22.3 Å². The zero-order valence-electron chi connectivity index (χ0n) is 24.7. The van der Waals surface area contributed by atoms with Gasteiger partial charge in [0.1, 0.15) is 18.7 Å². The Labute approximate surface area is 255 Å². The van der Waals surface area contributed by atoms with E-state index in [4.69, 9.17) is 4.74 Å². The highest BCUT2D eigenvalue weighted by Crippen LogP contribution is 2.31. The second kappa shape index (κ2) is 12.9. The minimum atomic E-state index is -0.928. The van der Waals surface area contributed by atoms with Gasteiger partial charge in [-0.3, -0.25) is 19.2 Å². The molecule has 1 fully saturated rings. The van der Waals surface area contributed by atoms with Gasteiger partial charge in [-0.25, -0.2) is 4.98 Å². The van der Waals surface area contributed by atoms with Crippen molar-refractivity contribution in [2.75, 3.05) is 20.3 Å². The average Bonchev–Trinajstić information content (AvgIpc) is 3.69. The quantitative estimate of drug-likeness (QED) is 0.397. The molecule has 0 radical (unpaired) electrons. The van der Waals surface area contributed by atoms with Crippen molar-refractivity contribution in [1.29, 1.82) is 0 Å². The summed E-state index contributed by atoms with van der Waals surface area (Å²) in [7, 11) is 1.57. The second-order valence-corrected chi connectivity index (χ2v) is 12.0.